The predicted octanol–water partition coefficient (Wildman–Crippen LogP) is 16.2. The summed E-state index contributed by atoms with van der Waals surface area (Å²) in [6, 6.07) is 56.8. The Labute approximate surface area is 337 Å². The van der Waals surface area contributed by atoms with E-state index in [1.165, 1.54) is 76.4 Å². The van der Waals surface area contributed by atoms with Crippen molar-refractivity contribution in [1.82, 2.24) is 4.98 Å². The molecular weight excluding hydrogens is 707 g/mol. The first-order valence-corrected chi connectivity index (χ1v) is 20.9. The largest absolute Gasteiger partial charge is 0.456 e. The Hall–Kier alpha value is -6.71. The topological polar surface area (TPSA) is 39.2 Å². The van der Waals surface area contributed by atoms with Crippen molar-refractivity contribution in [3.8, 4) is 33.6 Å². The monoisotopic (exact) mass is 749 g/mol. The third-order valence-corrected chi connectivity index (χ3v) is 12.2. The van der Waals surface area contributed by atoms with Gasteiger partial charge in [0.2, 0.25) is 0 Å². The van der Waals surface area contributed by atoms with Crippen LogP contribution in [0.15, 0.2) is 167 Å². The van der Waals surface area contributed by atoms with E-state index in [4.69, 9.17) is 13.8 Å². The number of aryl methyl sites for hydroxylation is 1. The van der Waals surface area contributed by atoms with Crippen LogP contribution >= 0.6 is 0 Å². The zero-order valence-corrected chi connectivity index (χ0v) is 32.7. The molecule has 0 saturated carbocycles. The summed E-state index contributed by atoms with van der Waals surface area (Å²) in [5.41, 5.74) is 10.9. The van der Waals surface area contributed by atoms with Crippen LogP contribution in [0.4, 0.5) is 0 Å². The van der Waals surface area contributed by atoms with Crippen molar-refractivity contribution < 1.29 is 8.83 Å². The van der Waals surface area contributed by atoms with Crippen molar-refractivity contribution in [1.29, 1.82) is 0 Å². The molecule has 0 amide bonds. The lowest BCUT2D eigenvalue weighted by Gasteiger charge is -2.11. The minimum absolute atomic E-state index is 0.851. The summed E-state index contributed by atoms with van der Waals surface area (Å²) in [6.07, 6.45) is 8.93. The Morgan fingerprint density at radius 1 is 0.379 bits per heavy atom. The average molecular weight is 750 g/mol. The lowest BCUT2D eigenvalue weighted by Crippen LogP contribution is -1.92. The van der Waals surface area contributed by atoms with Gasteiger partial charge in [-0.15, -0.1) is 0 Å². The predicted molar refractivity (Wildman–Crippen MR) is 245 cm³/mol. The molecule has 0 unspecified atom stereocenters. The number of hydrogen-bond acceptors (Lipinski definition) is 3. The highest BCUT2D eigenvalue weighted by Crippen LogP contribution is 2.42. The molecular formula is C55H43NO2. The number of fused-ring (bicyclic) bond motifs is 12. The fourth-order valence-corrected chi connectivity index (χ4v) is 9.24. The SMILES string of the molecule is CCCCCCCCc1ccc(-c2cc(-c3cccc4c3oc3ccccc34)cc(-c3ccc4c(c3)oc3cc5c6ccccc6c6ccccc6c5cc34)n2)cc1. The highest BCUT2D eigenvalue weighted by atomic mass is 16.3. The minimum Gasteiger partial charge on any atom is -0.456 e. The van der Waals surface area contributed by atoms with Crippen LogP contribution in [0.25, 0.3) is 110 Å². The van der Waals surface area contributed by atoms with E-state index >= 15 is 0 Å². The summed E-state index contributed by atoms with van der Waals surface area (Å²) in [6.45, 7) is 2.28. The maximum Gasteiger partial charge on any atom is 0.143 e. The van der Waals surface area contributed by atoms with Gasteiger partial charge in [0.05, 0.1) is 11.4 Å². The number of unbranched alkanes of at least 4 members (excludes halogenated alkanes) is 5. The quantitative estimate of drug-likeness (QED) is 0.103. The van der Waals surface area contributed by atoms with Crippen LogP contribution in [-0.2, 0) is 6.42 Å². The number of furan rings is 2. The molecule has 0 N–H and O–H groups in total. The third kappa shape index (κ3) is 5.92. The van der Waals surface area contributed by atoms with Crippen molar-refractivity contribution in [2.45, 2.75) is 51.9 Å². The molecule has 0 saturated heterocycles. The highest BCUT2D eigenvalue weighted by Gasteiger charge is 2.18. The zero-order chi connectivity index (χ0) is 38.6. The normalized spacial score (nSPS) is 12.0. The second kappa shape index (κ2) is 14.3. The Bertz CT molecular complexity index is 3330. The number of nitrogens with zero attached hydrogens (tertiary/aromatic N) is 1. The standard InChI is InChI=1S/C55H43NO2/c1-2-3-4-5-6-7-15-35-24-26-36(27-25-35)50-30-38(39-21-14-22-46-44-20-12-13-23-52(44)58-55(39)46)31-51(56-50)37-28-29-45-49-33-47-42-18-10-8-16-40(42)41-17-9-11-19-43(41)48(47)34-54(49)57-53(45)32-37/h8-14,16-34H,2-7,15H2,1H3. The number of rotatable bonds is 10. The van der Waals surface area contributed by atoms with Gasteiger partial charge < -0.3 is 8.83 Å². The van der Waals surface area contributed by atoms with E-state index < -0.39 is 0 Å². The van der Waals surface area contributed by atoms with Gasteiger partial charge in [-0.2, -0.15) is 0 Å². The zero-order valence-electron chi connectivity index (χ0n) is 32.7. The molecule has 0 atom stereocenters. The molecule has 0 aliphatic carbocycles. The van der Waals surface area contributed by atoms with Gasteiger partial charge in [0.1, 0.15) is 22.3 Å². The van der Waals surface area contributed by atoms with E-state index in [-0.39, 0.29) is 0 Å². The summed E-state index contributed by atoms with van der Waals surface area (Å²) in [4.78, 5) is 5.36. The van der Waals surface area contributed by atoms with Crippen LogP contribution < -0.4 is 0 Å². The maximum absolute atomic E-state index is 6.73. The van der Waals surface area contributed by atoms with Crippen LogP contribution in [-0.4, -0.2) is 4.98 Å². The fourth-order valence-electron chi connectivity index (χ4n) is 9.24. The van der Waals surface area contributed by atoms with Crippen LogP contribution in [0.5, 0.6) is 0 Å². The Morgan fingerprint density at radius 2 is 0.966 bits per heavy atom. The summed E-state index contributed by atoms with van der Waals surface area (Å²) >= 11 is 0. The van der Waals surface area contributed by atoms with E-state index in [2.05, 4.69) is 153 Å². The lowest BCUT2D eigenvalue weighted by atomic mass is 9.93. The number of pyridine rings is 1. The molecule has 8 aromatic carbocycles. The van der Waals surface area contributed by atoms with Gasteiger partial charge in [-0.05, 0) is 98.8 Å². The Balaban J connectivity index is 1.04. The summed E-state index contributed by atoms with van der Waals surface area (Å²) < 4.78 is 13.3. The molecule has 0 aliphatic rings. The van der Waals surface area contributed by atoms with Crippen molar-refractivity contribution in [2.75, 3.05) is 0 Å². The molecule has 3 nitrogen and oxygen atoms in total. The van der Waals surface area contributed by atoms with Crippen LogP contribution in [0, 0.1) is 0 Å². The first kappa shape index (κ1) is 34.5. The molecule has 280 valence electrons. The number of aromatic nitrogens is 1. The molecule has 3 aromatic heterocycles. The Kier molecular flexibility index (Phi) is 8.54. The van der Waals surface area contributed by atoms with Crippen LogP contribution in [0.1, 0.15) is 51.0 Å². The Morgan fingerprint density at radius 3 is 1.72 bits per heavy atom. The first-order chi connectivity index (χ1) is 28.7. The number of hydrogen-bond donors (Lipinski definition) is 0. The van der Waals surface area contributed by atoms with Crippen molar-refractivity contribution in [3.63, 3.8) is 0 Å². The van der Waals surface area contributed by atoms with Crippen LogP contribution in [0.3, 0.4) is 0 Å². The molecule has 11 aromatic rings. The fraction of sp³-hybridized carbons (Fsp3) is 0.145. The van der Waals surface area contributed by atoms with Gasteiger partial charge in [-0.25, -0.2) is 4.98 Å². The van der Waals surface area contributed by atoms with E-state index in [9.17, 15) is 0 Å². The third-order valence-electron chi connectivity index (χ3n) is 12.2. The van der Waals surface area contributed by atoms with Gasteiger partial charge in [0, 0.05) is 38.2 Å². The van der Waals surface area contributed by atoms with Crippen molar-refractivity contribution >= 4 is 76.2 Å². The van der Waals surface area contributed by atoms with Gasteiger partial charge in [-0.1, -0.05) is 154 Å². The van der Waals surface area contributed by atoms with Crippen LogP contribution in [0.2, 0.25) is 0 Å². The molecule has 0 radical (unpaired) electrons. The molecule has 0 aliphatic heterocycles. The van der Waals surface area contributed by atoms with Crippen molar-refractivity contribution in [3.05, 3.63) is 163 Å². The molecule has 0 fully saturated rings. The molecule has 3 heterocycles. The highest BCUT2D eigenvalue weighted by molar-refractivity contribution is 6.28. The minimum atomic E-state index is 0.851. The van der Waals surface area contributed by atoms with E-state index in [0.717, 1.165) is 83.9 Å². The van der Waals surface area contributed by atoms with E-state index in [0.29, 0.717) is 0 Å². The van der Waals surface area contributed by atoms with E-state index in [1.54, 1.807) is 0 Å². The second-order valence-corrected chi connectivity index (χ2v) is 15.9. The molecule has 0 bridgehead atoms. The first-order valence-electron chi connectivity index (χ1n) is 20.9. The smallest absolute Gasteiger partial charge is 0.143 e. The van der Waals surface area contributed by atoms with Gasteiger partial charge in [-0.3, -0.25) is 0 Å². The van der Waals surface area contributed by atoms with E-state index in [1.807, 2.05) is 12.1 Å². The molecule has 58 heavy (non-hydrogen) atoms. The average Bonchev–Trinajstić information content (AvgIpc) is 3.85. The number of para-hydroxylation sites is 2. The molecule has 3 heteroatoms. The van der Waals surface area contributed by atoms with Gasteiger partial charge >= 0.3 is 0 Å². The lowest BCUT2D eigenvalue weighted by molar-refractivity contribution is 0.607. The van der Waals surface area contributed by atoms with Crippen molar-refractivity contribution in [2.24, 2.45) is 0 Å². The molecule has 11 rings (SSSR count). The number of benzene rings is 8. The molecule has 0 spiro atoms. The summed E-state index contributed by atoms with van der Waals surface area (Å²) in [5.74, 6) is 0. The summed E-state index contributed by atoms with van der Waals surface area (Å²) in [5, 5.41) is 11.9. The van der Waals surface area contributed by atoms with Gasteiger partial charge in [0.25, 0.3) is 0 Å². The second-order valence-electron chi connectivity index (χ2n) is 15.9. The van der Waals surface area contributed by atoms with Gasteiger partial charge in [0.15, 0.2) is 0 Å². The summed E-state index contributed by atoms with van der Waals surface area (Å²) in [7, 11) is 0. The maximum atomic E-state index is 6.73.